The van der Waals surface area contributed by atoms with E-state index in [0.717, 1.165) is 19.3 Å². The minimum atomic E-state index is -0.538. The van der Waals surface area contributed by atoms with Gasteiger partial charge in [-0.25, -0.2) is 0 Å². The number of ether oxygens (including phenoxy) is 2. The summed E-state index contributed by atoms with van der Waals surface area (Å²) < 4.78 is 11.7. The van der Waals surface area contributed by atoms with Crippen molar-refractivity contribution >= 4 is 23.5 Å². The van der Waals surface area contributed by atoms with Crippen LogP contribution in [-0.2, 0) is 28.7 Å². The van der Waals surface area contributed by atoms with E-state index in [2.05, 4.69) is 19.2 Å². The number of rotatable bonds is 18. The first-order chi connectivity index (χ1) is 20.1. The van der Waals surface area contributed by atoms with Gasteiger partial charge in [0.1, 0.15) is 0 Å². The van der Waals surface area contributed by atoms with Gasteiger partial charge >= 0.3 is 0 Å². The second kappa shape index (κ2) is 18.1. The van der Waals surface area contributed by atoms with Gasteiger partial charge in [-0.05, 0) is 44.7 Å². The Morgan fingerprint density at radius 2 is 1.53 bits per heavy atom. The lowest BCUT2D eigenvalue weighted by Crippen LogP contribution is -2.54. The van der Waals surface area contributed by atoms with Crippen molar-refractivity contribution in [2.75, 3.05) is 49.0 Å². The van der Waals surface area contributed by atoms with Crippen molar-refractivity contribution < 1.29 is 28.7 Å². The largest absolute Gasteiger partial charge is 0.379 e. The second-order valence-electron chi connectivity index (χ2n) is 13.4. The van der Waals surface area contributed by atoms with Crippen LogP contribution in [0.2, 0.25) is 0 Å². The molecule has 0 radical (unpaired) electrons. The molecule has 0 aliphatic carbocycles. The molecule has 3 amide bonds. The zero-order valence-corrected chi connectivity index (χ0v) is 29.3. The fourth-order valence-electron chi connectivity index (χ4n) is 7.00. The van der Waals surface area contributed by atoms with E-state index in [9.17, 15) is 19.2 Å². The van der Waals surface area contributed by atoms with Gasteiger partial charge < -0.3 is 24.6 Å². The summed E-state index contributed by atoms with van der Waals surface area (Å²) in [4.78, 5) is 59.3. The van der Waals surface area contributed by atoms with Crippen LogP contribution >= 0.6 is 0 Å². The van der Waals surface area contributed by atoms with E-state index < -0.39 is 24.0 Å². The van der Waals surface area contributed by atoms with E-state index in [1.807, 2.05) is 58.5 Å². The van der Waals surface area contributed by atoms with Gasteiger partial charge in [0.25, 0.3) is 0 Å². The van der Waals surface area contributed by atoms with Crippen LogP contribution in [0, 0.1) is 29.6 Å². The number of nitrogens with one attached hydrogen (secondary N) is 1. The molecule has 1 saturated heterocycles. The molecule has 0 aromatic carbocycles. The number of methoxy groups -OCH3 is 2. The number of likely N-dealkylation sites (N-methyl/N-ethyl adjacent to an activating group) is 2. The number of hydrogen-bond acceptors (Lipinski definition) is 7. The smallest absolute Gasteiger partial charge is 0.226 e. The Morgan fingerprint density at radius 3 is 1.98 bits per heavy atom. The number of Topliss-reactive ketones (excluding diaryl/α,β-unsaturated/α-hetero) is 1. The Hall–Kier alpha value is -2.04. The van der Waals surface area contributed by atoms with Gasteiger partial charge in [-0.2, -0.15) is 0 Å². The highest BCUT2D eigenvalue weighted by Gasteiger charge is 2.43. The molecule has 8 atom stereocenters. The zero-order chi connectivity index (χ0) is 33.2. The normalized spacial score (nSPS) is 20.5. The Kier molecular flexibility index (Phi) is 16.4. The first kappa shape index (κ1) is 39.0. The van der Waals surface area contributed by atoms with Crippen LogP contribution in [0.15, 0.2) is 0 Å². The molecule has 0 unspecified atom stereocenters. The standard InChI is InChI=1S/C33H62N4O6/c1-14-22(6)30(36(11)33(41)24(20(2)3)18-26(38)29(21(4)5)35(9)10)27(42-12)19-28(39)37-17-15-16-25(37)31(43-13)23(7)32(40)34-8/h20-25,27,29-31H,14-19H2,1-13H3,(H,34,40)/t22-,23+,24-,25-,27+,29-,30-,31+/m0/s1. The number of likely N-dealkylation sites (tertiary alicyclic amines) is 1. The van der Waals surface area contributed by atoms with Crippen molar-refractivity contribution in [3.63, 3.8) is 0 Å². The van der Waals surface area contributed by atoms with Crippen LogP contribution in [0.5, 0.6) is 0 Å². The zero-order valence-electron chi connectivity index (χ0n) is 29.3. The molecule has 1 fully saturated rings. The van der Waals surface area contributed by atoms with Crippen LogP contribution < -0.4 is 5.32 Å². The molecule has 1 aliphatic rings. The first-order valence-electron chi connectivity index (χ1n) is 16.1. The number of carbonyl (C=O) groups excluding carboxylic acids is 4. The summed E-state index contributed by atoms with van der Waals surface area (Å²) in [6, 6.07) is -0.836. The van der Waals surface area contributed by atoms with Gasteiger partial charge in [0.2, 0.25) is 17.7 Å². The molecule has 0 aromatic heterocycles. The highest BCUT2D eigenvalue weighted by Crippen LogP contribution is 2.30. The molecule has 0 saturated carbocycles. The van der Waals surface area contributed by atoms with Crippen molar-refractivity contribution in [3.05, 3.63) is 0 Å². The van der Waals surface area contributed by atoms with E-state index in [-0.39, 0.29) is 72.2 Å². The minimum absolute atomic E-state index is 0.0345. The lowest BCUT2D eigenvalue weighted by molar-refractivity contribution is -0.149. The maximum Gasteiger partial charge on any atom is 0.226 e. The van der Waals surface area contributed by atoms with Gasteiger partial charge in [-0.3, -0.25) is 24.1 Å². The molecule has 0 aromatic rings. The highest BCUT2D eigenvalue weighted by molar-refractivity contribution is 5.90. The summed E-state index contributed by atoms with van der Waals surface area (Å²) in [7, 11) is 10.4. The highest BCUT2D eigenvalue weighted by atomic mass is 16.5. The quantitative estimate of drug-likeness (QED) is 0.253. The van der Waals surface area contributed by atoms with Crippen LogP contribution in [0.4, 0.5) is 0 Å². The van der Waals surface area contributed by atoms with Crippen molar-refractivity contribution in [1.29, 1.82) is 0 Å². The number of nitrogens with zero attached hydrogens (tertiary/aromatic N) is 3. The summed E-state index contributed by atoms with van der Waals surface area (Å²) in [5, 5.41) is 2.69. The van der Waals surface area contributed by atoms with Gasteiger partial charge in [-0.15, -0.1) is 0 Å². The van der Waals surface area contributed by atoms with Crippen LogP contribution in [0.3, 0.4) is 0 Å². The van der Waals surface area contributed by atoms with E-state index in [1.54, 1.807) is 33.2 Å². The van der Waals surface area contributed by atoms with Crippen LogP contribution in [0.25, 0.3) is 0 Å². The molecule has 1 heterocycles. The monoisotopic (exact) mass is 610 g/mol. The SMILES string of the molecule is CC[C@H](C)[C@@H]([C@@H](CC(=O)N1CCC[C@H]1[C@H](OC)[C@@H](C)C(=O)NC)OC)N(C)C(=O)[C@@H](CC(=O)[C@H](C(C)C)N(C)C)C(C)C. The second-order valence-corrected chi connectivity index (χ2v) is 13.4. The number of amides is 3. The Morgan fingerprint density at radius 1 is 0.930 bits per heavy atom. The lowest BCUT2D eigenvalue weighted by atomic mass is 9.83. The van der Waals surface area contributed by atoms with Gasteiger partial charge in [0.15, 0.2) is 5.78 Å². The summed E-state index contributed by atoms with van der Waals surface area (Å²) >= 11 is 0. The summed E-state index contributed by atoms with van der Waals surface area (Å²) in [5.74, 6) is -0.969. The maximum absolute atomic E-state index is 14.1. The average Bonchev–Trinajstić information content (AvgIpc) is 3.43. The topological polar surface area (TPSA) is 108 Å². The predicted octanol–water partition coefficient (Wildman–Crippen LogP) is 3.47. The average molecular weight is 611 g/mol. The Balaban J connectivity index is 3.26. The number of hydrogen-bond donors (Lipinski definition) is 1. The summed E-state index contributed by atoms with van der Waals surface area (Å²) in [6.45, 7) is 14.6. The molecule has 43 heavy (non-hydrogen) atoms. The first-order valence-corrected chi connectivity index (χ1v) is 16.1. The third kappa shape index (κ3) is 9.98. The Labute approximate surface area is 261 Å². The van der Waals surface area contributed by atoms with Gasteiger partial charge in [0, 0.05) is 47.2 Å². The van der Waals surface area contributed by atoms with E-state index in [1.165, 1.54) is 0 Å². The van der Waals surface area contributed by atoms with E-state index in [0.29, 0.717) is 6.54 Å². The molecular formula is C33H62N4O6. The number of carbonyl (C=O) groups is 4. The van der Waals surface area contributed by atoms with Crippen molar-refractivity contribution in [3.8, 4) is 0 Å². The molecule has 1 aliphatic heterocycles. The molecule has 10 heteroatoms. The molecule has 0 bridgehead atoms. The Bertz CT molecular complexity index is 902. The molecular weight excluding hydrogens is 548 g/mol. The van der Waals surface area contributed by atoms with Crippen molar-refractivity contribution in [2.24, 2.45) is 29.6 Å². The fraction of sp³-hybridized carbons (Fsp3) is 0.879. The minimum Gasteiger partial charge on any atom is -0.379 e. The van der Waals surface area contributed by atoms with Gasteiger partial charge in [-0.1, -0.05) is 54.9 Å². The molecule has 1 N–H and O–H groups in total. The molecule has 0 spiro atoms. The van der Waals surface area contributed by atoms with E-state index >= 15 is 0 Å². The lowest BCUT2D eigenvalue weighted by Gasteiger charge is -2.41. The van der Waals surface area contributed by atoms with E-state index in [4.69, 9.17) is 9.47 Å². The number of ketones is 1. The third-order valence-electron chi connectivity index (χ3n) is 9.57. The summed E-state index contributed by atoms with van der Waals surface area (Å²) in [5.41, 5.74) is 0. The fourth-order valence-corrected chi connectivity index (χ4v) is 7.00. The third-order valence-corrected chi connectivity index (χ3v) is 9.57. The van der Waals surface area contributed by atoms with Crippen molar-refractivity contribution in [1.82, 2.24) is 20.0 Å². The maximum atomic E-state index is 14.1. The van der Waals surface area contributed by atoms with Crippen LogP contribution in [0.1, 0.15) is 80.6 Å². The van der Waals surface area contributed by atoms with Crippen molar-refractivity contribution in [2.45, 2.75) is 111 Å². The van der Waals surface area contributed by atoms with Gasteiger partial charge in [0.05, 0.1) is 42.7 Å². The molecule has 1 rings (SSSR count). The molecule has 250 valence electrons. The van der Waals surface area contributed by atoms with Crippen LogP contribution in [-0.4, -0.2) is 117 Å². The summed E-state index contributed by atoms with van der Waals surface area (Å²) in [6.07, 6.45) is 1.68. The predicted molar refractivity (Wildman–Crippen MR) is 170 cm³/mol. The molecule has 10 nitrogen and oxygen atoms in total.